The standard InChI is InChI=1S/C13H19NO2/c1-4-9-8-13(9,14)10-5-11(15-2)7-12(6-10)16-3/h5-7,9H,4,8,14H2,1-3H3. The van der Waals surface area contributed by atoms with Gasteiger partial charge in [-0.3, -0.25) is 0 Å². The second kappa shape index (κ2) is 3.98. The SMILES string of the molecule is CCC1CC1(N)c1cc(OC)cc(OC)c1. The average Bonchev–Trinajstić information content (AvgIpc) is 3.01. The van der Waals surface area contributed by atoms with E-state index in [1.54, 1.807) is 14.2 Å². The molecule has 2 unspecified atom stereocenters. The first-order valence-corrected chi connectivity index (χ1v) is 5.66. The summed E-state index contributed by atoms with van der Waals surface area (Å²) in [7, 11) is 3.32. The lowest BCUT2D eigenvalue weighted by molar-refractivity contribution is 0.392. The molecule has 1 aliphatic rings. The van der Waals surface area contributed by atoms with E-state index in [4.69, 9.17) is 15.2 Å². The van der Waals surface area contributed by atoms with Crippen molar-refractivity contribution >= 4 is 0 Å². The molecule has 0 aromatic heterocycles. The lowest BCUT2D eigenvalue weighted by Crippen LogP contribution is -2.22. The number of hydrogen-bond acceptors (Lipinski definition) is 3. The molecule has 0 bridgehead atoms. The van der Waals surface area contributed by atoms with E-state index in [0.29, 0.717) is 5.92 Å². The molecule has 88 valence electrons. The molecule has 0 radical (unpaired) electrons. The van der Waals surface area contributed by atoms with Crippen LogP contribution in [-0.4, -0.2) is 14.2 Å². The van der Waals surface area contributed by atoms with Crippen LogP contribution in [0.1, 0.15) is 25.3 Å². The van der Waals surface area contributed by atoms with Crippen LogP contribution in [0.2, 0.25) is 0 Å². The summed E-state index contributed by atoms with van der Waals surface area (Å²) >= 11 is 0. The van der Waals surface area contributed by atoms with Crippen molar-refractivity contribution in [2.75, 3.05) is 14.2 Å². The number of methoxy groups -OCH3 is 2. The molecule has 0 spiro atoms. The van der Waals surface area contributed by atoms with Crippen LogP contribution in [-0.2, 0) is 5.54 Å². The van der Waals surface area contributed by atoms with E-state index in [0.717, 1.165) is 29.9 Å². The van der Waals surface area contributed by atoms with Crippen LogP contribution in [0.25, 0.3) is 0 Å². The lowest BCUT2D eigenvalue weighted by atomic mass is 10.0. The van der Waals surface area contributed by atoms with Gasteiger partial charge in [-0.1, -0.05) is 13.3 Å². The predicted molar refractivity (Wildman–Crippen MR) is 63.8 cm³/mol. The summed E-state index contributed by atoms with van der Waals surface area (Å²) in [4.78, 5) is 0. The normalized spacial score (nSPS) is 27.6. The zero-order chi connectivity index (χ0) is 11.8. The largest absolute Gasteiger partial charge is 0.497 e. The minimum Gasteiger partial charge on any atom is -0.497 e. The minimum atomic E-state index is -0.170. The smallest absolute Gasteiger partial charge is 0.122 e. The maximum Gasteiger partial charge on any atom is 0.122 e. The third-order valence-electron chi connectivity index (χ3n) is 3.53. The number of nitrogens with two attached hydrogens (primary N) is 1. The van der Waals surface area contributed by atoms with Gasteiger partial charge >= 0.3 is 0 Å². The molecule has 1 saturated carbocycles. The molecule has 2 N–H and O–H groups in total. The van der Waals surface area contributed by atoms with Crippen molar-refractivity contribution < 1.29 is 9.47 Å². The third-order valence-corrected chi connectivity index (χ3v) is 3.53. The highest BCUT2D eigenvalue weighted by Gasteiger charge is 2.51. The minimum absolute atomic E-state index is 0.170. The summed E-state index contributed by atoms with van der Waals surface area (Å²) in [6.07, 6.45) is 2.18. The molecule has 0 amide bonds. The Kier molecular flexibility index (Phi) is 2.80. The van der Waals surface area contributed by atoms with Gasteiger partial charge in [0.25, 0.3) is 0 Å². The van der Waals surface area contributed by atoms with Crippen LogP contribution in [0, 0.1) is 5.92 Å². The Labute approximate surface area is 96.5 Å². The second-order valence-electron chi connectivity index (χ2n) is 4.45. The molecule has 2 rings (SSSR count). The van der Waals surface area contributed by atoms with E-state index in [2.05, 4.69) is 6.92 Å². The fourth-order valence-corrected chi connectivity index (χ4v) is 2.29. The Bertz CT molecular complexity index is 369. The monoisotopic (exact) mass is 221 g/mol. The molecule has 1 aliphatic carbocycles. The quantitative estimate of drug-likeness (QED) is 0.848. The zero-order valence-electron chi connectivity index (χ0n) is 10.1. The molecule has 0 aliphatic heterocycles. The fourth-order valence-electron chi connectivity index (χ4n) is 2.29. The molecule has 3 nitrogen and oxygen atoms in total. The highest BCUT2D eigenvalue weighted by molar-refractivity contribution is 5.44. The fraction of sp³-hybridized carbons (Fsp3) is 0.538. The van der Waals surface area contributed by atoms with Gasteiger partial charge < -0.3 is 15.2 Å². The van der Waals surface area contributed by atoms with Gasteiger partial charge in [0.15, 0.2) is 0 Å². The Morgan fingerprint density at radius 2 is 1.81 bits per heavy atom. The Morgan fingerprint density at radius 1 is 1.25 bits per heavy atom. The summed E-state index contributed by atoms with van der Waals surface area (Å²) in [5.74, 6) is 2.20. The molecule has 0 saturated heterocycles. The third kappa shape index (κ3) is 1.76. The first kappa shape index (κ1) is 11.3. The van der Waals surface area contributed by atoms with E-state index in [-0.39, 0.29) is 5.54 Å². The molecular formula is C13H19NO2. The number of ether oxygens (including phenoxy) is 2. The topological polar surface area (TPSA) is 44.5 Å². The van der Waals surface area contributed by atoms with Gasteiger partial charge in [0.05, 0.1) is 14.2 Å². The van der Waals surface area contributed by atoms with Crippen LogP contribution in [0.5, 0.6) is 11.5 Å². The first-order chi connectivity index (χ1) is 7.63. The van der Waals surface area contributed by atoms with Crippen molar-refractivity contribution in [3.63, 3.8) is 0 Å². The van der Waals surface area contributed by atoms with E-state index < -0.39 is 0 Å². The lowest BCUT2D eigenvalue weighted by Gasteiger charge is -2.14. The van der Waals surface area contributed by atoms with Crippen LogP contribution in [0.3, 0.4) is 0 Å². The van der Waals surface area contributed by atoms with Gasteiger partial charge in [0.2, 0.25) is 0 Å². The van der Waals surface area contributed by atoms with Crippen LogP contribution in [0.4, 0.5) is 0 Å². The van der Waals surface area contributed by atoms with Gasteiger partial charge in [-0.2, -0.15) is 0 Å². The molecule has 2 atom stereocenters. The molecule has 3 heteroatoms. The van der Waals surface area contributed by atoms with E-state index in [1.807, 2.05) is 18.2 Å². The summed E-state index contributed by atoms with van der Waals surface area (Å²) in [6, 6.07) is 5.90. The summed E-state index contributed by atoms with van der Waals surface area (Å²) in [6.45, 7) is 2.18. The second-order valence-corrected chi connectivity index (χ2v) is 4.45. The van der Waals surface area contributed by atoms with Gasteiger partial charge in [0, 0.05) is 11.6 Å². The zero-order valence-corrected chi connectivity index (χ0v) is 10.1. The first-order valence-electron chi connectivity index (χ1n) is 5.66. The van der Waals surface area contributed by atoms with Crippen molar-refractivity contribution in [3.05, 3.63) is 23.8 Å². The van der Waals surface area contributed by atoms with Gasteiger partial charge in [-0.25, -0.2) is 0 Å². The number of benzene rings is 1. The molecule has 16 heavy (non-hydrogen) atoms. The maximum atomic E-state index is 6.36. The average molecular weight is 221 g/mol. The van der Waals surface area contributed by atoms with Gasteiger partial charge in [-0.15, -0.1) is 0 Å². The Balaban J connectivity index is 2.34. The molecule has 1 aromatic rings. The summed E-state index contributed by atoms with van der Waals surface area (Å²) < 4.78 is 10.5. The van der Waals surface area contributed by atoms with Crippen LogP contribution < -0.4 is 15.2 Å². The van der Waals surface area contributed by atoms with E-state index in [1.165, 1.54) is 0 Å². The van der Waals surface area contributed by atoms with E-state index in [9.17, 15) is 0 Å². The summed E-state index contributed by atoms with van der Waals surface area (Å²) in [5.41, 5.74) is 7.31. The highest BCUT2D eigenvalue weighted by Crippen LogP contribution is 2.52. The number of hydrogen-bond donors (Lipinski definition) is 1. The molecule has 0 heterocycles. The van der Waals surface area contributed by atoms with Gasteiger partial charge in [0.1, 0.15) is 11.5 Å². The predicted octanol–water partition coefficient (Wildman–Crippen LogP) is 2.29. The molecular weight excluding hydrogens is 202 g/mol. The van der Waals surface area contributed by atoms with Crippen LogP contribution in [0.15, 0.2) is 18.2 Å². The van der Waals surface area contributed by atoms with Crippen molar-refractivity contribution in [2.24, 2.45) is 11.7 Å². The highest BCUT2D eigenvalue weighted by atomic mass is 16.5. The van der Waals surface area contributed by atoms with E-state index >= 15 is 0 Å². The van der Waals surface area contributed by atoms with Crippen LogP contribution >= 0.6 is 0 Å². The number of rotatable bonds is 4. The van der Waals surface area contributed by atoms with Gasteiger partial charge in [-0.05, 0) is 30.0 Å². The Hall–Kier alpha value is -1.22. The summed E-state index contributed by atoms with van der Waals surface area (Å²) in [5, 5.41) is 0. The van der Waals surface area contributed by atoms with Crippen molar-refractivity contribution in [1.82, 2.24) is 0 Å². The molecule has 1 aromatic carbocycles. The van der Waals surface area contributed by atoms with Crippen molar-refractivity contribution in [3.8, 4) is 11.5 Å². The molecule has 1 fully saturated rings. The van der Waals surface area contributed by atoms with Crippen molar-refractivity contribution in [1.29, 1.82) is 0 Å². The van der Waals surface area contributed by atoms with Crippen molar-refractivity contribution in [2.45, 2.75) is 25.3 Å². The maximum absolute atomic E-state index is 6.36. The Morgan fingerprint density at radius 3 is 2.19 bits per heavy atom.